The predicted molar refractivity (Wildman–Crippen MR) is 79.9 cm³/mol. The summed E-state index contributed by atoms with van der Waals surface area (Å²) in [6.45, 7) is 1.59. The molecule has 1 aromatic rings. The van der Waals surface area contributed by atoms with Crippen LogP contribution < -0.4 is 5.73 Å². The Morgan fingerprint density at radius 3 is 2.71 bits per heavy atom. The smallest absolute Gasteiger partial charge is 0.227 e. The fourth-order valence-electron chi connectivity index (χ4n) is 3.69. The van der Waals surface area contributed by atoms with Crippen LogP contribution in [0.5, 0.6) is 0 Å². The van der Waals surface area contributed by atoms with Gasteiger partial charge in [-0.1, -0.05) is 24.4 Å². The zero-order chi connectivity index (χ0) is 14.5. The van der Waals surface area contributed by atoms with Crippen LogP contribution in [0.1, 0.15) is 63.1 Å². The summed E-state index contributed by atoms with van der Waals surface area (Å²) < 4.78 is 11.2. The molecule has 2 aliphatic rings. The number of hydrogen-bond acceptors (Lipinski definition) is 5. The van der Waals surface area contributed by atoms with E-state index >= 15 is 0 Å². The van der Waals surface area contributed by atoms with E-state index in [0.29, 0.717) is 0 Å². The Hall–Kier alpha value is -0.940. The van der Waals surface area contributed by atoms with Gasteiger partial charge >= 0.3 is 0 Å². The van der Waals surface area contributed by atoms with Crippen molar-refractivity contribution < 1.29 is 9.26 Å². The summed E-state index contributed by atoms with van der Waals surface area (Å²) in [5.41, 5.74) is 6.22. The van der Waals surface area contributed by atoms with E-state index in [2.05, 4.69) is 10.1 Å². The van der Waals surface area contributed by atoms with Gasteiger partial charge in [0.2, 0.25) is 5.89 Å². The molecule has 1 unspecified atom stereocenters. The van der Waals surface area contributed by atoms with Gasteiger partial charge in [-0.2, -0.15) is 4.98 Å². The molecule has 118 valence electrons. The van der Waals surface area contributed by atoms with Crippen molar-refractivity contribution in [3.05, 3.63) is 11.7 Å². The highest BCUT2D eigenvalue weighted by molar-refractivity contribution is 4.96. The van der Waals surface area contributed by atoms with Crippen molar-refractivity contribution in [2.75, 3.05) is 13.2 Å². The van der Waals surface area contributed by atoms with E-state index in [0.717, 1.165) is 44.1 Å². The maximum absolute atomic E-state index is 6.03. The Labute approximate surface area is 126 Å². The largest absolute Gasteiger partial charge is 0.378 e. The quantitative estimate of drug-likeness (QED) is 0.903. The molecule has 1 saturated heterocycles. The molecule has 2 N–H and O–H groups in total. The zero-order valence-corrected chi connectivity index (χ0v) is 12.9. The predicted octanol–water partition coefficient (Wildman–Crippen LogP) is 2.63. The van der Waals surface area contributed by atoms with Crippen molar-refractivity contribution in [3.63, 3.8) is 0 Å². The van der Waals surface area contributed by atoms with Crippen molar-refractivity contribution in [1.29, 1.82) is 0 Å². The number of hydrogen-bond donors (Lipinski definition) is 1. The second-order valence-electron chi connectivity index (χ2n) is 6.74. The molecule has 3 rings (SSSR count). The molecule has 0 bridgehead atoms. The average Bonchev–Trinajstić information content (AvgIpc) is 2.96. The molecule has 0 aromatic carbocycles. The van der Waals surface area contributed by atoms with Crippen LogP contribution in [0.2, 0.25) is 0 Å². The van der Waals surface area contributed by atoms with Crippen molar-refractivity contribution in [1.82, 2.24) is 10.1 Å². The first kappa shape index (κ1) is 15.0. The van der Waals surface area contributed by atoms with Gasteiger partial charge in [-0.3, -0.25) is 0 Å². The molecule has 1 aliphatic carbocycles. The summed E-state index contributed by atoms with van der Waals surface area (Å²) in [6, 6.07) is 0. The second-order valence-corrected chi connectivity index (χ2v) is 6.74. The highest BCUT2D eigenvalue weighted by atomic mass is 16.5. The Morgan fingerprint density at radius 1 is 1.14 bits per heavy atom. The van der Waals surface area contributed by atoms with E-state index in [9.17, 15) is 0 Å². The molecule has 21 heavy (non-hydrogen) atoms. The third-order valence-electron chi connectivity index (χ3n) is 5.07. The van der Waals surface area contributed by atoms with E-state index in [1.807, 2.05) is 0 Å². The maximum Gasteiger partial charge on any atom is 0.227 e. The first-order valence-electron chi connectivity index (χ1n) is 8.43. The maximum atomic E-state index is 6.03. The van der Waals surface area contributed by atoms with Crippen LogP contribution in [0.25, 0.3) is 0 Å². The van der Waals surface area contributed by atoms with Crippen LogP contribution in [0.4, 0.5) is 0 Å². The van der Waals surface area contributed by atoms with Gasteiger partial charge in [0.1, 0.15) is 0 Å². The number of rotatable bonds is 5. The molecular weight excluding hydrogens is 266 g/mol. The SMILES string of the molecule is NCC1(Cc2nc(CC3CCCCO3)no2)CCCCC1. The third-order valence-corrected chi connectivity index (χ3v) is 5.07. The lowest BCUT2D eigenvalue weighted by Crippen LogP contribution is -2.35. The van der Waals surface area contributed by atoms with Crippen LogP contribution >= 0.6 is 0 Å². The third kappa shape index (κ3) is 3.83. The molecule has 1 aromatic heterocycles. The highest BCUT2D eigenvalue weighted by Gasteiger charge is 2.33. The lowest BCUT2D eigenvalue weighted by atomic mass is 9.72. The topological polar surface area (TPSA) is 74.2 Å². The van der Waals surface area contributed by atoms with E-state index in [-0.39, 0.29) is 11.5 Å². The molecule has 1 saturated carbocycles. The fourth-order valence-corrected chi connectivity index (χ4v) is 3.69. The van der Waals surface area contributed by atoms with Crippen LogP contribution in [-0.4, -0.2) is 29.4 Å². The molecule has 1 atom stereocenters. The minimum Gasteiger partial charge on any atom is -0.378 e. The van der Waals surface area contributed by atoms with Crippen LogP contribution in [0, 0.1) is 5.41 Å². The summed E-state index contributed by atoms with van der Waals surface area (Å²) >= 11 is 0. The summed E-state index contributed by atoms with van der Waals surface area (Å²) in [6.07, 6.45) is 11.6. The lowest BCUT2D eigenvalue weighted by molar-refractivity contribution is 0.0153. The van der Waals surface area contributed by atoms with E-state index in [1.54, 1.807) is 0 Å². The van der Waals surface area contributed by atoms with Gasteiger partial charge in [-0.15, -0.1) is 0 Å². The average molecular weight is 293 g/mol. The molecule has 5 nitrogen and oxygen atoms in total. The Bertz CT molecular complexity index is 434. The standard InChI is InChI=1S/C16H27N3O2/c17-12-16(7-3-1-4-8-16)11-15-18-14(19-21-15)10-13-6-2-5-9-20-13/h13H,1-12,17H2. The Morgan fingerprint density at radius 2 is 2.00 bits per heavy atom. The second kappa shape index (κ2) is 6.88. The summed E-state index contributed by atoms with van der Waals surface area (Å²) in [4.78, 5) is 4.58. The summed E-state index contributed by atoms with van der Waals surface area (Å²) in [5.74, 6) is 1.55. The van der Waals surface area contributed by atoms with Crippen LogP contribution in [-0.2, 0) is 17.6 Å². The van der Waals surface area contributed by atoms with Gasteiger partial charge in [0.05, 0.1) is 6.10 Å². The minimum atomic E-state index is 0.184. The van der Waals surface area contributed by atoms with Crippen molar-refractivity contribution >= 4 is 0 Å². The molecule has 2 fully saturated rings. The molecule has 0 spiro atoms. The van der Waals surface area contributed by atoms with Crippen molar-refractivity contribution in [2.45, 2.75) is 70.3 Å². The first-order valence-corrected chi connectivity index (χ1v) is 8.43. The van der Waals surface area contributed by atoms with Gasteiger partial charge in [-0.25, -0.2) is 0 Å². The monoisotopic (exact) mass is 293 g/mol. The van der Waals surface area contributed by atoms with Gasteiger partial charge in [0, 0.05) is 19.4 Å². The molecular formula is C16H27N3O2. The first-order chi connectivity index (χ1) is 10.3. The van der Waals surface area contributed by atoms with E-state index in [4.69, 9.17) is 15.0 Å². The minimum absolute atomic E-state index is 0.184. The Balaban J connectivity index is 1.58. The number of aromatic nitrogens is 2. The summed E-state index contributed by atoms with van der Waals surface area (Å²) in [7, 11) is 0. The number of ether oxygens (including phenoxy) is 1. The molecule has 2 heterocycles. The van der Waals surface area contributed by atoms with Crippen molar-refractivity contribution in [3.8, 4) is 0 Å². The Kier molecular flexibility index (Phi) is 4.91. The zero-order valence-electron chi connectivity index (χ0n) is 12.9. The molecule has 0 radical (unpaired) electrons. The van der Waals surface area contributed by atoms with E-state index < -0.39 is 0 Å². The fraction of sp³-hybridized carbons (Fsp3) is 0.875. The van der Waals surface area contributed by atoms with Gasteiger partial charge in [-0.05, 0) is 44.1 Å². The lowest BCUT2D eigenvalue weighted by Gasteiger charge is -2.34. The number of nitrogens with zero attached hydrogens (tertiary/aromatic N) is 2. The normalized spacial score (nSPS) is 25.9. The van der Waals surface area contributed by atoms with Crippen molar-refractivity contribution in [2.24, 2.45) is 11.1 Å². The molecule has 1 aliphatic heterocycles. The number of nitrogens with two attached hydrogens (primary N) is 1. The highest BCUT2D eigenvalue weighted by Crippen LogP contribution is 2.38. The van der Waals surface area contributed by atoms with Gasteiger partial charge < -0.3 is 15.0 Å². The van der Waals surface area contributed by atoms with Gasteiger partial charge in [0.25, 0.3) is 0 Å². The van der Waals surface area contributed by atoms with Crippen LogP contribution in [0.3, 0.4) is 0 Å². The molecule has 0 amide bonds. The van der Waals surface area contributed by atoms with E-state index in [1.165, 1.54) is 44.9 Å². The van der Waals surface area contributed by atoms with Crippen LogP contribution in [0.15, 0.2) is 4.52 Å². The van der Waals surface area contributed by atoms with Gasteiger partial charge in [0.15, 0.2) is 5.82 Å². The summed E-state index contributed by atoms with van der Waals surface area (Å²) in [5, 5.41) is 4.13. The molecule has 5 heteroatoms.